The van der Waals surface area contributed by atoms with Gasteiger partial charge in [0.2, 0.25) is 11.8 Å². The number of para-hydroxylation sites is 1. The first-order valence-electron chi connectivity index (χ1n) is 11.2. The lowest BCUT2D eigenvalue weighted by molar-refractivity contribution is -0.133. The third kappa shape index (κ3) is 3.95. The lowest BCUT2D eigenvalue weighted by atomic mass is 10.1. The summed E-state index contributed by atoms with van der Waals surface area (Å²) in [7, 11) is 0. The Hall–Kier alpha value is -3.35. The van der Waals surface area contributed by atoms with Gasteiger partial charge >= 0.3 is 0 Å². The first kappa shape index (κ1) is 20.5. The van der Waals surface area contributed by atoms with Gasteiger partial charge in [-0.15, -0.1) is 0 Å². The second kappa shape index (κ2) is 8.65. The summed E-state index contributed by atoms with van der Waals surface area (Å²) in [5, 5.41) is 2.94. The van der Waals surface area contributed by atoms with Crippen LogP contribution in [0, 0.1) is 5.92 Å². The van der Waals surface area contributed by atoms with Gasteiger partial charge in [0.25, 0.3) is 5.91 Å². The molecule has 3 aliphatic rings. The number of likely N-dealkylation sites (tertiary alicyclic amines) is 1. The molecule has 2 heterocycles. The average Bonchev–Trinajstić information content (AvgIpc) is 3.36. The van der Waals surface area contributed by atoms with Crippen LogP contribution < -0.4 is 10.1 Å². The second-order valence-corrected chi connectivity index (χ2v) is 8.70. The van der Waals surface area contributed by atoms with E-state index < -0.39 is 0 Å². The van der Waals surface area contributed by atoms with Crippen LogP contribution in [0.15, 0.2) is 48.5 Å². The van der Waals surface area contributed by atoms with Gasteiger partial charge in [-0.25, -0.2) is 0 Å². The molecule has 32 heavy (non-hydrogen) atoms. The Morgan fingerprint density at radius 1 is 1.03 bits per heavy atom. The highest BCUT2D eigenvalue weighted by Crippen LogP contribution is 2.38. The molecule has 1 fully saturated rings. The van der Waals surface area contributed by atoms with Crippen LogP contribution in [0.2, 0.25) is 0 Å². The van der Waals surface area contributed by atoms with Gasteiger partial charge in [0, 0.05) is 38.2 Å². The van der Waals surface area contributed by atoms with Crippen LogP contribution in [0.1, 0.15) is 35.6 Å². The van der Waals surface area contributed by atoms with Gasteiger partial charge in [-0.2, -0.15) is 0 Å². The van der Waals surface area contributed by atoms with Crippen molar-refractivity contribution >= 4 is 17.7 Å². The predicted octanol–water partition coefficient (Wildman–Crippen LogP) is 2.06. The number of amides is 3. The van der Waals surface area contributed by atoms with E-state index >= 15 is 0 Å². The minimum absolute atomic E-state index is 0.0000901. The van der Waals surface area contributed by atoms with Crippen LogP contribution >= 0.6 is 0 Å². The summed E-state index contributed by atoms with van der Waals surface area (Å²) in [5.74, 6) is 0.205. The van der Waals surface area contributed by atoms with E-state index in [-0.39, 0.29) is 42.7 Å². The number of carbonyl (C=O) groups excluding carboxylic acids is 3. The molecule has 0 aromatic heterocycles. The summed E-state index contributed by atoms with van der Waals surface area (Å²) in [6.45, 7) is 1.67. The maximum absolute atomic E-state index is 12.8. The molecule has 0 radical (unpaired) electrons. The number of fused-ring (bicyclic) bond motifs is 2. The predicted molar refractivity (Wildman–Crippen MR) is 118 cm³/mol. The van der Waals surface area contributed by atoms with Crippen molar-refractivity contribution in [2.45, 2.75) is 31.8 Å². The SMILES string of the molecule is O=C(NCCN1Cc2ccccc2OCC1=O)C1CC(=O)N(C2CCc3ccccc32)C1. The van der Waals surface area contributed by atoms with Gasteiger partial charge in [-0.3, -0.25) is 14.4 Å². The first-order valence-corrected chi connectivity index (χ1v) is 11.2. The van der Waals surface area contributed by atoms with E-state index in [1.54, 1.807) is 4.90 Å². The number of nitrogens with zero attached hydrogens (tertiary/aromatic N) is 2. The van der Waals surface area contributed by atoms with E-state index in [4.69, 9.17) is 4.74 Å². The third-order valence-electron chi connectivity index (χ3n) is 6.73. The summed E-state index contributed by atoms with van der Waals surface area (Å²) >= 11 is 0. The second-order valence-electron chi connectivity index (χ2n) is 8.70. The number of ether oxygens (including phenoxy) is 1. The van der Waals surface area contributed by atoms with Crippen molar-refractivity contribution in [1.29, 1.82) is 0 Å². The first-order chi connectivity index (χ1) is 15.6. The molecule has 1 N–H and O–H groups in total. The molecule has 166 valence electrons. The van der Waals surface area contributed by atoms with Crippen LogP contribution in [-0.4, -0.2) is 53.8 Å². The van der Waals surface area contributed by atoms with E-state index in [2.05, 4.69) is 17.4 Å². The zero-order chi connectivity index (χ0) is 22.1. The van der Waals surface area contributed by atoms with Gasteiger partial charge in [0.15, 0.2) is 6.61 Å². The fourth-order valence-corrected chi connectivity index (χ4v) is 5.03. The standard InChI is InChI=1S/C25H27N3O4/c29-23-13-19(15-28(23)21-10-9-17-5-1-3-7-20(17)21)25(31)26-11-12-27-14-18-6-2-4-8-22(18)32-16-24(27)30/h1-8,19,21H,9-16H2,(H,26,31). The van der Waals surface area contributed by atoms with Crippen molar-refractivity contribution in [3.63, 3.8) is 0 Å². The highest BCUT2D eigenvalue weighted by Gasteiger charge is 2.40. The lowest BCUT2D eigenvalue weighted by Crippen LogP contribution is -2.41. The van der Waals surface area contributed by atoms with Crippen LogP contribution in [-0.2, 0) is 27.3 Å². The zero-order valence-electron chi connectivity index (χ0n) is 18.0. The normalized spacial score (nSPS) is 22.2. The van der Waals surface area contributed by atoms with E-state index in [0.717, 1.165) is 24.2 Å². The molecule has 7 nitrogen and oxygen atoms in total. The summed E-state index contributed by atoms with van der Waals surface area (Å²) in [6.07, 6.45) is 2.13. The van der Waals surface area contributed by atoms with Crippen molar-refractivity contribution in [3.05, 3.63) is 65.2 Å². The summed E-state index contributed by atoms with van der Waals surface area (Å²) in [5.41, 5.74) is 3.47. The van der Waals surface area contributed by atoms with Crippen molar-refractivity contribution in [1.82, 2.24) is 15.1 Å². The maximum atomic E-state index is 12.8. The van der Waals surface area contributed by atoms with Crippen molar-refractivity contribution in [3.8, 4) is 5.75 Å². The number of benzene rings is 2. The van der Waals surface area contributed by atoms with Crippen LogP contribution in [0.4, 0.5) is 0 Å². The molecule has 2 aromatic carbocycles. The molecular weight excluding hydrogens is 406 g/mol. The zero-order valence-corrected chi connectivity index (χ0v) is 18.0. The van der Waals surface area contributed by atoms with Crippen LogP contribution in [0.3, 0.4) is 0 Å². The molecule has 0 bridgehead atoms. The molecule has 2 aromatic rings. The summed E-state index contributed by atoms with van der Waals surface area (Å²) in [6, 6.07) is 15.9. The average molecular weight is 434 g/mol. The molecular formula is C25H27N3O4. The Morgan fingerprint density at radius 3 is 2.69 bits per heavy atom. The monoisotopic (exact) mass is 433 g/mol. The smallest absolute Gasteiger partial charge is 0.260 e. The number of rotatable bonds is 5. The number of hydrogen-bond acceptors (Lipinski definition) is 4. The molecule has 0 saturated carbocycles. The number of aryl methyl sites for hydroxylation is 1. The van der Waals surface area contributed by atoms with Crippen LogP contribution in [0.5, 0.6) is 5.75 Å². The van der Waals surface area contributed by atoms with E-state index in [0.29, 0.717) is 26.2 Å². The van der Waals surface area contributed by atoms with E-state index in [1.165, 1.54) is 11.1 Å². The minimum Gasteiger partial charge on any atom is -0.483 e. The number of hydrogen-bond donors (Lipinski definition) is 1. The molecule has 1 aliphatic carbocycles. The molecule has 7 heteroatoms. The van der Waals surface area contributed by atoms with Gasteiger partial charge < -0.3 is 19.9 Å². The van der Waals surface area contributed by atoms with Crippen molar-refractivity contribution in [2.24, 2.45) is 5.92 Å². The van der Waals surface area contributed by atoms with Gasteiger partial charge in [0.05, 0.1) is 12.0 Å². The molecule has 0 spiro atoms. The quantitative estimate of drug-likeness (QED) is 0.783. The Bertz CT molecular complexity index is 1050. The van der Waals surface area contributed by atoms with Crippen LogP contribution in [0.25, 0.3) is 0 Å². The van der Waals surface area contributed by atoms with Gasteiger partial charge in [-0.1, -0.05) is 42.5 Å². The third-order valence-corrected chi connectivity index (χ3v) is 6.73. The van der Waals surface area contributed by atoms with Gasteiger partial charge in [-0.05, 0) is 30.0 Å². The summed E-state index contributed by atoms with van der Waals surface area (Å²) in [4.78, 5) is 41.4. The van der Waals surface area contributed by atoms with Crippen molar-refractivity contribution < 1.29 is 19.1 Å². The highest BCUT2D eigenvalue weighted by atomic mass is 16.5. The summed E-state index contributed by atoms with van der Waals surface area (Å²) < 4.78 is 5.58. The fourth-order valence-electron chi connectivity index (χ4n) is 5.03. The molecule has 1 saturated heterocycles. The molecule has 2 atom stereocenters. The Morgan fingerprint density at radius 2 is 1.81 bits per heavy atom. The topological polar surface area (TPSA) is 79.0 Å². The number of carbonyl (C=O) groups is 3. The molecule has 2 unspecified atom stereocenters. The van der Waals surface area contributed by atoms with Crippen molar-refractivity contribution in [2.75, 3.05) is 26.2 Å². The van der Waals surface area contributed by atoms with E-state index in [1.807, 2.05) is 41.3 Å². The van der Waals surface area contributed by atoms with Gasteiger partial charge in [0.1, 0.15) is 5.75 Å². The number of nitrogens with one attached hydrogen (secondary N) is 1. The minimum atomic E-state index is -0.348. The Kier molecular flexibility index (Phi) is 5.55. The molecule has 5 rings (SSSR count). The largest absolute Gasteiger partial charge is 0.483 e. The Balaban J connectivity index is 1.15. The highest BCUT2D eigenvalue weighted by molar-refractivity contribution is 5.89. The molecule has 3 amide bonds. The Labute approximate surface area is 187 Å². The molecule has 2 aliphatic heterocycles. The lowest BCUT2D eigenvalue weighted by Gasteiger charge is -2.25. The van der Waals surface area contributed by atoms with E-state index in [9.17, 15) is 14.4 Å². The fraction of sp³-hybridized carbons (Fsp3) is 0.400. The maximum Gasteiger partial charge on any atom is 0.260 e.